The Balaban J connectivity index is 2.01. The summed E-state index contributed by atoms with van der Waals surface area (Å²) in [6.45, 7) is 1.08. The van der Waals surface area contributed by atoms with Crippen LogP contribution in [0.5, 0.6) is 5.75 Å². The van der Waals surface area contributed by atoms with Gasteiger partial charge in [-0.3, -0.25) is 4.79 Å². The first-order chi connectivity index (χ1) is 8.20. The Morgan fingerprint density at radius 1 is 1.53 bits per heavy atom. The van der Waals surface area contributed by atoms with E-state index in [1.165, 1.54) is 0 Å². The van der Waals surface area contributed by atoms with Gasteiger partial charge in [-0.05, 0) is 24.7 Å². The topological polar surface area (TPSA) is 58.6 Å². The number of hydrogen-bond acceptors (Lipinski definition) is 4. The van der Waals surface area contributed by atoms with Crippen molar-refractivity contribution in [3.63, 3.8) is 0 Å². The van der Waals surface area contributed by atoms with Crippen molar-refractivity contribution in [3.8, 4) is 5.75 Å². The van der Waals surface area contributed by atoms with E-state index < -0.39 is 0 Å². The number of aromatic hydroxyl groups is 1. The second-order valence-electron chi connectivity index (χ2n) is 4.35. The summed E-state index contributed by atoms with van der Waals surface area (Å²) in [5.41, 5.74) is 0.844. The van der Waals surface area contributed by atoms with Gasteiger partial charge in [-0.15, -0.1) is 0 Å². The van der Waals surface area contributed by atoms with Gasteiger partial charge in [0.15, 0.2) is 0 Å². The molecule has 1 aliphatic heterocycles. The van der Waals surface area contributed by atoms with Gasteiger partial charge in [0.2, 0.25) is 0 Å². The lowest BCUT2D eigenvalue weighted by molar-refractivity contribution is -0.122. The third kappa shape index (κ3) is 2.84. The van der Waals surface area contributed by atoms with E-state index in [1.54, 1.807) is 18.2 Å². The predicted molar refractivity (Wildman–Crippen MR) is 64.0 cm³/mol. The molecule has 1 aromatic rings. The van der Waals surface area contributed by atoms with Crippen LogP contribution in [0.4, 0.5) is 0 Å². The van der Waals surface area contributed by atoms with Crippen LogP contribution in [0.25, 0.3) is 0 Å². The molecule has 1 fully saturated rings. The second-order valence-corrected chi connectivity index (χ2v) is 4.35. The summed E-state index contributed by atoms with van der Waals surface area (Å²) in [7, 11) is 1.84. The van der Waals surface area contributed by atoms with E-state index in [1.807, 2.05) is 13.1 Å². The van der Waals surface area contributed by atoms with Gasteiger partial charge < -0.3 is 15.2 Å². The van der Waals surface area contributed by atoms with Crippen molar-refractivity contribution in [1.82, 2.24) is 5.32 Å². The maximum Gasteiger partial charge on any atom is 0.144 e. The van der Waals surface area contributed by atoms with Gasteiger partial charge in [-0.2, -0.15) is 0 Å². The summed E-state index contributed by atoms with van der Waals surface area (Å²) in [5.74, 6) is 0.276. The molecule has 0 spiro atoms. The molecule has 2 N–H and O–H groups in total. The molecule has 0 radical (unpaired) electrons. The van der Waals surface area contributed by atoms with Crippen molar-refractivity contribution in [1.29, 1.82) is 0 Å². The molecule has 92 valence electrons. The number of likely N-dealkylation sites (N-methyl/N-ethyl adjacent to an activating group) is 1. The highest BCUT2D eigenvalue weighted by Crippen LogP contribution is 2.18. The molecular weight excluding hydrogens is 218 g/mol. The van der Waals surface area contributed by atoms with Gasteiger partial charge in [-0.25, -0.2) is 0 Å². The number of carbonyl (C=O) groups excluding carboxylic acids is 1. The zero-order chi connectivity index (χ0) is 12.3. The lowest BCUT2D eigenvalue weighted by Crippen LogP contribution is -2.37. The lowest BCUT2D eigenvalue weighted by Gasteiger charge is -2.15. The average molecular weight is 235 g/mol. The molecule has 1 aliphatic rings. The van der Waals surface area contributed by atoms with Crippen molar-refractivity contribution in [3.05, 3.63) is 29.8 Å². The minimum Gasteiger partial charge on any atom is -0.508 e. The highest BCUT2D eigenvalue weighted by Gasteiger charge is 2.32. The Hall–Kier alpha value is -1.39. The summed E-state index contributed by atoms with van der Waals surface area (Å²) in [5, 5.41) is 12.4. The summed E-state index contributed by atoms with van der Waals surface area (Å²) in [6, 6.07) is 6.94. The molecule has 2 unspecified atom stereocenters. The molecule has 0 bridgehead atoms. The number of benzene rings is 1. The van der Waals surface area contributed by atoms with E-state index in [2.05, 4.69) is 5.32 Å². The fourth-order valence-electron chi connectivity index (χ4n) is 2.15. The van der Waals surface area contributed by atoms with Crippen LogP contribution in [0.3, 0.4) is 0 Å². The monoisotopic (exact) mass is 235 g/mol. The molecule has 2 atom stereocenters. The number of Topliss-reactive ketones (excluding diaryl/α,β-unsaturated/α-hetero) is 1. The lowest BCUT2D eigenvalue weighted by atomic mass is 9.94. The van der Waals surface area contributed by atoms with Crippen LogP contribution in [0.1, 0.15) is 5.56 Å². The third-order valence-corrected chi connectivity index (χ3v) is 3.15. The van der Waals surface area contributed by atoms with Gasteiger partial charge in [0.05, 0.1) is 19.1 Å². The van der Waals surface area contributed by atoms with Crippen LogP contribution in [-0.4, -0.2) is 37.2 Å². The van der Waals surface area contributed by atoms with Gasteiger partial charge in [0.1, 0.15) is 11.5 Å². The summed E-state index contributed by atoms with van der Waals surface area (Å²) in [4.78, 5) is 12.1. The SMILES string of the molecule is CNC1COCC1C(=O)Cc1cccc(O)c1. The molecule has 1 heterocycles. The first-order valence-corrected chi connectivity index (χ1v) is 5.76. The molecule has 0 aliphatic carbocycles. The number of phenolic OH excluding ortho intramolecular Hbond substituents is 1. The molecule has 17 heavy (non-hydrogen) atoms. The smallest absolute Gasteiger partial charge is 0.144 e. The molecule has 4 nitrogen and oxygen atoms in total. The van der Waals surface area contributed by atoms with Gasteiger partial charge in [0.25, 0.3) is 0 Å². The minimum absolute atomic E-state index is 0.0812. The number of rotatable bonds is 4. The Morgan fingerprint density at radius 2 is 2.35 bits per heavy atom. The molecule has 1 aromatic carbocycles. The van der Waals surface area contributed by atoms with Crippen molar-refractivity contribution < 1.29 is 14.6 Å². The first-order valence-electron chi connectivity index (χ1n) is 5.76. The van der Waals surface area contributed by atoms with E-state index in [4.69, 9.17) is 4.74 Å². The summed E-state index contributed by atoms with van der Waals surface area (Å²) < 4.78 is 5.31. The third-order valence-electron chi connectivity index (χ3n) is 3.15. The van der Waals surface area contributed by atoms with Gasteiger partial charge in [0, 0.05) is 12.5 Å². The number of carbonyl (C=O) groups is 1. The highest BCUT2D eigenvalue weighted by atomic mass is 16.5. The van der Waals surface area contributed by atoms with Crippen molar-refractivity contribution >= 4 is 5.78 Å². The van der Waals surface area contributed by atoms with Crippen molar-refractivity contribution in [2.24, 2.45) is 5.92 Å². The summed E-state index contributed by atoms with van der Waals surface area (Å²) >= 11 is 0. The Labute approximate surface area is 101 Å². The maximum atomic E-state index is 12.1. The largest absolute Gasteiger partial charge is 0.508 e. The number of hydrogen-bond donors (Lipinski definition) is 2. The molecule has 4 heteroatoms. The minimum atomic E-state index is -0.0812. The second kappa shape index (κ2) is 5.29. The van der Waals surface area contributed by atoms with E-state index in [0.717, 1.165) is 5.56 Å². The zero-order valence-corrected chi connectivity index (χ0v) is 9.85. The molecule has 0 aromatic heterocycles. The summed E-state index contributed by atoms with van der Waals surface area (Å²) in [6.07, 6.45) is 0.348. The molecular formula is C13H17NO3. The van der Waals surface area contributed by atoms with Gasteiger partial charge in [-0.1, -0.05) is 12.1 Å². The normalized spacial score (nSPS) is 23.8. The van der Waals surface area contributed by atoms with E-state index in [0.29, 0.717) is 19.6 Å². The standard InChI is InChI=1S/C13H17NO3/c1-14-12-8-17-7-11(12)13(16)6-9-3-2-4-10(15)5-9/h2-5,11-12,14-15H,6-8H2,1H3. The van der Waals surface area contributed by atoms with Crippen LogP contribution in [0, 0.1) is 5.92 Å². The number of ether oxygens (including phenoxy) is 1. The zero-order valence-electron chi connectivity index (χ0n) is 9.85. The number of ketones is 1. The molecule has 0 saturated carbocycles. The highest BCUT2D eigenvalue weighted by molar-refractivity contribution is 5.84. The quantitative estimate of drug-likeness (QED) is 0.808. The molecule has 0 amide bonds. The van der Waals surface area contributed by atoms with Crippen LogP contribution in [0.15, 0.2) is 24.3 Å². The van der Waals surface area contributed by atoms with Crippen LogP contribution in [0.2, 0.25) is 0 Å². The van der Waals surface area contributed by atoms with Crippen LogP contribution in [-0.2, 0) is 16.0 Å². The van der Waals surface area contributed by atoms with E-state index in [-0.39, 0.29) is 23.5 Å². The Bertz CT molecular complexity index is 405. The fraction of sp³-hybridized carbons (Fsp3) is 0.462. The maximum absolute atomic E-state index is 12.1. The predicted octanol–water partition coefficient (Wildman–Crippen LogP) is 0.738. The molecule has 2 rings (SSSR count). The Morgan fingerprint density at radius 3 is 3.06 bits per heavy atom. The van der Waals surface area contributed by atoms with E-state index >= 15 is 0 Å². The van der Waals surface area contributed by atoms with E-state index in [9.17, 15) is 9.90 Å². The van der Waals surface area contributed by atoms with Crippen LogP contribution >= 0.6 is 0 Å². The van der Waals surface area contributed by atoms with Crippen molar-refractivity contribution in [2.75, 3.05) is 20.3 Å². The number of phenols is 1. The van der Waals surface area contributed by atoms with Crippen LogP contribution < -0.4 is 5.32 Å². The van der Waals surface area contributed by atoms with Crippen molar-refractivity contribution in [2.45, 2.75) is 12.5 Å². The number of nitrogens with one attached hydrogen (secondary N) is 1. The average Bonchev–Trinajstić information content (AvgIpc) is 2.77. The Kier molecular flexibility index (Phi) is 3.76. The fourth-order valence-corrected chi connectivity index (χ4v) is 2.15. The molecule has 1 saturated heterocycles. The van der Waals surface area contributed by atoms with Gasteiger partial charge >= 0.3 is 0 Å². The first kappa shape index (κ1) is 12.1.